The molecule has 2 bridgehead atoms. The molecule has 2 fully saturated rings. The number of piperidine rings is 1. The highest BCUT2D eigenvalue weighted by atomic mass is 79.9. The molecule has 3 unspecified atom stereocenters. The molecule has 3 heterocycles. The first-order valence-corrected chi connectivity index (χ1v) is 12.9. The van der Waals surface area contributed by atoms with Crippen molar-refractivity contribution in [2.75, 3.05) is 26.1 Å². The van der Waals surface area contributed by atoms with E-state index in [1.165, 1.54) is 0 Å². The summed E-state index contributed by atoms with van der Waals surface area (Å²) in [6, 6.07) is 7.88. The minimum atomic E-state index is -0.519. The average molecular weight is 558 g/mol. The van der Waals surface area contributed by atoms with Gasteiger partial charge in [-0.1, -0.05) is 0 Å². The Kier molecular flexibility index (Phi) is 6.48. The third-order valence-electron chi connectivity index (χ3n) is 6.91. The van der Waals surface area contributed by atoms with Gasteiger partial charge in [-0.2, -0.15) is 5.10 Å². The maximum absolute atomic E-state index is 12.9. The Labute approximate surface area is 219 Å². The highest BCUT2D eigenvalue weighted by Gasteiger charge is 2.49. The second-order valence-electron chi connectivity index (χ2n) is 10.4. The van der Waals surface area contributed by atoms with Gasteiger partial charge in [0.2, 0.25) is 0 Å². The summed E-state index contributed by atoms with van der Waals surface area (Å²) >= 11 is 3.67. The molecule has 2 aromatic heterocycles. The molecule has 1 amide bonds. The number of rotatable bonds is 6. The van der Waals surface area contributed by atoms with Crippen LogP contribution in [0.2, 0.25) is 0 Å². The van der Waals surface area contributed by atoms with Crippen LogP contribution in [-0.2, 0) is 11.3 Å². The number of halogens is 1. The van der Waals surface area contributed by atoms with Crippen molar-refractivity contribution in [3.63, 3.8) is 0 Å². The zero-order valence-electron chi connectivity index (χ0n) is 21.2. The van der Waals surface area contributed by atoms with Crippen molar-refractivity contribution >= 4 is 38.7 Å². The molecule has 3 aromatic rings. The maximum Gasteiger partial charge on any atom is 0.410 e. The molecular weight excluding hydrogens is 526 g/mol. The van der Waals surface area contributed by atoms with Gasteiger partial charge in [-0.05, 0) is 73.7 Å². The van der Waals surface area contributed by atoms with E-state index < -0.39 is 5.60 Å². The second kappa shape index (κ2) is 9.46. The van der Waals surface area contributed by atoms with Crippen LogP contribution in [0.3, 0.4) is 0 Å². The average Bonchev–Trinajstić information content (AvgIpc) is 3.54. The fourth-order valence-electron chi connectivity index (χ4n) is 5.39. The standard InChI is InChI=1S/C26H32BrN5O4/c1-26(2,3)36-25(33)31-14-15-10-19(31)20(11-15)32-18-8-9-28-24(22(18)23(27)30-32)29-13-16-6-7-17(34-4)12-21(16)35-5/h6-9,12,15,19-20H,10-11,13-14H2,1-5H3,(H,28,29). The zero-order chi connectivity index (χ0) is 25.6. The smallest absolute Gasteiger partial charge is 0.410 e. The molecule has 5 rings (SSSR count). The van der Waals surface area contributed by atoms with Crippen molar-refractivity contribution in [2.45, 2.75) is 57.8 Å². The van der Waals surface area contributed by atoms with Crippen molar-refractivity contribution in [3.05, 3.63) is 40.6 Å². The lowest BCUT2D eigenvalue weighted by molar-refractivity contribution is 0.0135. The number of nitrogens with zero attached hydrogens (tertiary/aromatic N) is 4. The predicted octanol–water partition coefficient (Wildman–Crippen LogP) is 5.39. The van der Waals surface area contributed by atoms with Crippen LogP contribution in [0.4, 0.5) is 10.6 Å². The van der Waals surface area contributed by atoms with Crippen LogP contribution in [0.5, 0.6) is 11.5 Å². The lowest BCUT2D eigenvalue weighted by Crippen LogP contribution is -2.45. The van der Waals surface area contributed by atoms with Gasteiger partial charge in [0.1, 0.15) is 27.5 Å². The number of carbonyl (C=O) groups is 1. The molecule has 1 saturated heterocycles. The number of anilines is 1. The first-order valence-electron chi connectivity index (χ1n) is 12.2. The molecule has 1 N–H and O–H groups in total. The minimum absolute atomic E-state index is 0.0629. The number of nitrogens with one attached hydrogen (secondary N) is 1. The summed E-state index contributed by atoms with van der Waals surface area (Å²) in [5.41, 5.74) is 1.44. The van der Waals surface area contributed by atoms with Crippen molar-refractivity contribution in [2.24, 2.45) is 5.92 Å². The number of fused-ring (bicyclic) bond motifs is 3. The number of amides is 1. The van der Waals surface area contributed by atoms with Crippen LogP contribution >= 0.6 is 15.9 Å². The molecule has 1 aliphatic carbocycles. The Morgan fingerprint density at radius 2 is 1.94 bits per heavy atom. The van der Waals surface area contributed by atoms with E-state index in [1.54, 1.807) is 20.4 Å². The van der Waals surface area contributed by atoms with E-state index >= 15 is 0 Å². The summed E-state index contributed by atoms with van der Waals surface area (Å²) in [5.74, 6) is 2.67. The summed E-state index contributed by atoms with van der Waals surface area (Å²) in [6.07, 6.45) is 3.50. The first-order chi connectivity index (χ1) is 17.2. The summed E-state index contributed by atoms with van der Waals surface area (Å²) in [6.45, 7) is 6.97. The highest BCUT2D eigenvalue weighted by Crippen LogP contribution is 2.46. The Bertz CT molecular complexity index is 1290. The molecule has 9 nitrogen and oxygen atoms in total. The van der Waals surface area contributed by atoms with Gasteiger partial charge in [0.05, 0.1) is 37.2 Å². The maximum atomic E-state index is 12.9. The molecule has 192 valence electrons. The SMILES string of the molecule is COc1ccc(CNc2nccc3c2c(Br)nn3C2CC3CC2N(C(=O)OC(C)(C)C)C3)c(OC)c1. The van der Waals surface area contributed by atoms with Crippen LogP contribution < -0.4 is 14.8 Å². The summed E-state index contributed by atoms with van der Waals surface area (Å²) in [7, 11) is 3.28. The van der Waals surface area contributed by atoms with E-state index in [9.17, 15) is 4.79 Å². The molecule has 0 radical (unpaired) electrons. The van der Waals surface area contributed by atoms with Gasteiger partial charge in [0, 0.05) is 30.9 Å². The molecule has 2 aliphatic rings. The monoisotopic (exact) mass is 557 g/mol. The van der Waals surface area contributed by atoms with E-state index in [0.717, 1.165) is 57.8 Å². The summed E-state index contributed by atoms with van der Waals surface area (Å²) < 4.78 is 19.3. The van der Waals surface area contributed by atoms with Gasteiger partial charge in [-0.15, -0.1) is 0 Å². The Morgan fingerprint density at radius 3 is 2.64 bits per heavy atom. The number of ether oxygens (including phenoxy) is 3. The Balaban J connectivity index is 1.40. The zero-order valence-corrected chi connectivity index (χ0v) is 22.8. The largest absolute Gasteiger partial charge is 0.497 e. The van der Waals surface area contributed by atoms with Gasteiger partial charge in [-0.3, -0.25) is 4.68 Å². The number of carbonyl (C=O) groups excluding carboxylic acids is 1. The lowest BCUT2D eigenvalue weighted by atomic mass is 10.1. The third kappa shape index (κ3) is 4.58. The van der Waals surface area contributed by atoms with E-state index in [0.29, 0.717) is 12.5 Å². The van der Waals surface area contributed by atoms with Gasteiger partial charge in [0.15, 0.2) is 0 Å². The Hall–Kier alpha value is -3.01. The fourth-order valence-corrected chi connectivity index (χ4v) is 5.95. The van der Waals surface area contributed by atoms with Crippen LogP contribution in [0.15, 0.2) is 35.1 Å². The van der Waals surface area contributed by atoms with Crippen LogP contribution in [0.1, 0.15) is 45.2 Å². The van der Waals surface area contributed by atoms with Crippen LogP contribution in [0, 0.1) is 5.92 Å². The summed E-state index contributed by atoms with van der Waals surface area (Å²) in [5, 5.41) is 9.23. The fraction of sp³-hybridized carbons (Fsp3) is 0.500. The molecule has 36 heavy (non-hydrogen) atoms. The quantitative estimate of drug-likeness (QED) is 0.434. The van der Waals surface area contributed by atoms with E-state index in [1.807, 2.05) is 49.9 Å². The van der Waals surface area contributed by atoms with Crippen molar-refractivity contribution in [1.82, 2.24) is 19.7 Å². The van der Waals surface area contributed by atoms with Gasteiger partial charge >= 0.3 is 6.09 Å². The number of benzene rings is 1. The van der Waals surface area contributed by atoms with Crippen LogP contribution in [-0.4, -0.2) is 58.2 Å². The number of pyridine rings is 1. The van der Waals surface area contributed by atoms with Gasteiger partial charge in [0.25, 0.3) is 0 Å². The predicted molar refractivity (Wildman–Crippen MR) is 141 cm³/mol. The molecular formula is C26H32BrN5O4. The highest BCUT2D eigenvalue weighted by molar-refractivity contribution is 9.10. The summed E-state index contributed by atoms with van der Waals surface area (Å²) in [4.78, 5) is 19.4. The van der Waals surface area contributed by atoms with E-state index in [4.69, 9.17) is 19.3 Å². The molecule has 1 aliphatic heterocycles. The lowest BCUT2D eigenvalue weighted by Gasteiger charge is -2.34. The van der Waals surface area contributed by atoms with Crippen molar-refractivity contribution in [3.8, 4) is 11.5 Å². The Morgan fingerprint density at radius 1 is 1.17 bits per heavy atom. The normalized spacial score (nSPS) is 21.2. The molecule has 10 heteroatoms. The number of methoxy groups -OCH3 is 2. The number of likely N-dealkylation sites (tertiary alicyclic amines) is 1. The number of hydrogen-bond donors (Lipinski definition) is 1. The van der Waals surface area contributed by atoms with Crippen molar-refractivity contribution < 1.29 is 19.0 Å². The molecule has 1 aromatic carbocycles. The third-order valence-corrected chi connectivity index (χ3v) is 7.46. The molecule has 3 atom stereocenters. The minimum Gasteiger partial charge on any atom is -0.497 e. The number of aromatic nitrogens is 3. The number of hydrogen-bond acceptors (Lipinski definition) is 7. The second-order valence-corrected chi connectivity index (χ2v) is 11.2. The molecule has 0 spiro atoms. The first kappa shape index (κ1) is 24.7. The van der Waals surface area contributed by atoms with E-state index in [2.05, 4.69) is 30.9 Å². The molecule has 1 saturated carbocycles. The van der Waals surface area contributed by atoms with Gasteiger partial charge < -0.3 is 24.4 Å². The van der Waals surface area contributed by atoms with Gasteiger partial charge in [-0.25, -0.2) is 9.78 Å². The van der Waals surface area contributed by atoms with Crippen molar-refractivity contribution in [1.29, 1.82) is 0 Å². The van der Waals surface area contributed by atoms with Crippen LogP contribution in [0.25, 0.3) is 10.9 Å². The topological polar surface area (TPSA) is 90.7 Å². The van der Waals surface area contributed by atoms with E-state index in [-0.39, 0.29) is 18.2 Å².